The van der Waals surface area contributed by atoms with Gasteiger partial charge in [0.05, 0.1) is 49.2 Å². The van der Waals surface area contributed by atoms with Crippen molar-refractivity contribution in [1.82, 2.24) is 20.8 Å². The number of amides is 1. The number of carbonyl (C=O) groups excluding carboxylic acids is 1. The molecule has 2 aliphatic carbocycles. The average molecular weight is 541 g/mol. The number of aromatic nitrogens is 2. The number of nitrogens with zero attached hydrogens (tertiary/aromatic N) is 2. The number of benzene rings is 1. The van der Waals surface area contributed by atoms with E-state index in [0.717, 1.165) is 42.7 Å². The summed E-state index contributed by atoms with van der Waals surface area (Å²) in [7, 11) is 0.256. The Balaban J connectivity index is 1.02. The Morgan fingerprint density at radius 1 is 1.13 bits per heavy atom. The van der Waals surface area contributed by atoms with Crippen molar-refractivity contribution in [2.45, 2.75) is 49.2 Å². The third-order valence-corrected chi connectivity index (χ3v) is 11.1. The molecule has 1 aromatic heterocycles. The fourth-order valence-electron chi connectivity index (χ4n) is 7.22. The van der Waals surface area contributed by atoms with E-state index in [4.69, 9.17) is 9.47 Å². The third-order valence-electron chi connectivity index (χ3n) is 9.31. The lowest BCUT2D eigenvalue weighted by atomic mass is 9.74. The molecular formula is C26H32N6O5S. The fourth-order valence-corrected chi connectivity index (χ4v) is 8.69. The maximum Gasteiger partial charge on any atom is 0.257 e. The van der Waals surface area contributed by atoms with Gasteiger partial charge in [-0.1, -0.05) is 0 Å². The van der Waals surface area contributed by atoms with Crippen molar-refractivity contribution in [3.63, 3.8) is 0 Å². The maximum absolute atomic E-state index is 13.1. The van der Waals surface area contributed by atoms with E-state index < -0.39 is 15.3 Å². The summed E-state index contributed by atoms with van der Waals surface area (Å²) in [4.78, 5) is 22.2. The summed E-state index contributed by atoms with van der Waals surface area (Å²) < 4.78 is 34.1. The molecule has 0 radical (unpaired) electrons. The minimum Gasteiger partial charge on any atom is -0.497 e. The number of nitrogens with one attached hydrogen (secondary N) is 4. The highest BCUT2D eigenvalue weighted by molar-refractivity contribution is 7.92. The summed E-state index contributed by atoms with van der Waals surface area (Å²) in [5.74, 6) is 3.04. The van der Waals surface area contributed by atoms with Crippen LogP contribution in [0, 0.1) is 17.8 Å². The first-order valence-corrected chi connectivity index (χ1v) is 15.0. The molecule has 3 aliphatic heterocycles. The van der Waals surface area contributed by atoms with Crippen LogP contribution < -0.4 is 31.0 Å². The number of anilines is 2. The van der Waals surface area contributed by atoms with Crippen LogP contribution >= 0.6 is 0 Å². The molecule has 4 N–H and O–H groups in total. The smallest absolute Gasteiger partial charge is 0.257 e. The first-order valence-electron chi connectivity index (χ1n) is 13.2. The van der Waals surface area contributed by atoms with E-state index in [1.165, 1.54) is 0 Å². The van der Waals surface area contributed by atoms with Gasteiger partial charge in [-0.15, -0.1) is 0 Å². The standard InChI is InChI=1S/C26H32N6O5S/c1-36-15-4-6-19-17(8-15)26(25(33)29-19)9-18(26)13-3-5-16-20(7-13)31-32-22(16)30-23-24(37-2)28-21(10-27-23)14-11-38(34,35)12-14/h4,6,8,10,13-14,16,18,20,22,31-32H,3,5,7,9,11-12H2,1-2H3,(H,27,30)(H,29,33)/t13?,16?,18-,20?,22?,26-/m0/s1. The van der Waals surface area contributed by atoms with E-state index in [1.54, 1.807) is 20.4 Å². The normalized spacial score (nSPS) is 34.7. The molecule has 38 heavy (non-hydrogen) atoms. The van der Waals surface area contributed by atoms with E-state index in [0.29, 0.717) is 35.1 Å². The second kappa shape index (κ2) is 8.52. The summed E-state index contributed by atoms with van der Waals surface area (Å²) in [5, 5.41) is 6.55. The number of sulfone groups is 1. The minimum absolute atomic E-state index is 0.0491. The zero-order valence-corrected chi connectivity index (χ0v) is 22.2. The van der Waals surface area contributed by atoms with Gasteiger partial charge >= 0.3 is 0 Å². The molecule has 12 heteroatoms. The van der Waals surface area contributed by atoms with Gasteiger partial charge in [0.2, 0.25) is 5.91 Å². The molecule has 4 heterocycles. The fraction of sp³-hybridized carbons (Fsp3) is 0.577. The second-order valence-electron chi connectivity index (χ2n) is 11.3. The molecule has 1 aromatic carbocycles. The van der Waals surface area contributed by atoms with Gasteiger partial charge in [-0.3, -0.25) is 10.2 Å². The van der Waals surface area contributed by atoms with Crippen molar-refractivity contribution >= 4 is 27.2 Å². The predicted octanol–water partition coefficient (Wildman–Crippen LogP) is 1.55. The molecule has 2 saturated heterocycles. The average Bonchev–Trinajstić information content (AvgIpc) is 3.45. The summed E-state index contributed by atoms with van der Waals surface area (Å²) in [6, 6.07) is 6.14. The van der Waals surface area contributed by atoms with Crippen LogP contribution in [0.1, 0.15) is 42.9 Å². The first-order chi connectivity index (χ1) is 18.3. The Bertz CT molecular complexity index is 1410. The molecule has 5 aliphatic rings. The van der Waals surface area contributed by atoms with Crippen LogP contribution in [-0.4, -0.2) is 62.2 Å². The monoisotopic (exact) mass is 540 g/mol. The molecule has 0 bridgehead atoms. The molecule has 1 spiro atoms. The Morgan fingerprint density at radius 2 is 1.97 bits per heavy atom. The Labute approximate surface area is 221 Å². The van der Waals surface area contributed by atoms with E-state index in [9.17, 15) is 13.2 Å². The number of hydrazine groups is 1. The highest BCUT2D eigenvalue weighted by Gasteiger charge is 2.67. The number of methoxy groups -OCH3 is 2. The number of carbonyl (C=O) groups is 1. The third kappa shape index (κ3) is 3.68. The number of rotatable bonds is 6. The number of hydrogen-bond donors (Lipinski definition) is 4. The van der Waals surface area contributed by atoms with Gasteiger partial charge in [0.1, 0.15) is 5.75 Å². The first kappa shape index (κ1) is 24.1. The number of fused-ring (bicyclic) bond motifs is 3. The molecule has 4 fully saturated rings. The molecule has 2 aromatic rings. The van der Waals surface area contributed by atoms with Crippen LogP contribution in [0.15, 0.2) is 24.4 Å². The second-order valence-corrected chi connectivity index (χ2v) is 13.5. The minimum atomic E-state index is -2.95. The SMILES string of the molecule is COc1ccc2c(c1)[C@]1(C[C@H]1C1CCC3C(C1)NNC3Nc1ncc(C3CS(=O)(=O)C3)nc1OC)C(=O)N2. The van der Waals surface area contributed by atoms with Gasteiger partial charge in [-0.05, 0) is 61.3 Å². The molecule has 6 atom stereocenters. The highest BCUT2D eigenvalue weighted by Crippen LogP contribution is 2.65. The maximum atomic E-state index is 13.1. The molecule has 2 saturated carbocycles. The van der Waals surface area contributed by atoms with Crippen molar-refractivity contribution in [3.8, 4) is 11.6 Å². The van der Waals surface area contributed by atoms with Gasteiger partial charge in [0.15, 0.2) is 15.7 Å². The van der Waals surface area contributed by atoms with Crippen molar-refractivity contribution < 1.29 is 22.7 Å². The quantitative estimate of drug-likeness (QED) is 0.426. The van der Waals surface area contributed by atoms with Crippen LogP contribution in [0.25, 0.3) is 0 Å². The molecule has 202 valence electrons. The Kier molecular flexibility index (Phi) is 5.41. The molecule has 7 rings (SSSR count). The van der Waals surface area contributed by atoms with Gasteiger partial charge in [-0.2, -0.15) is 0 Å². The van der Waals surface area contributed by atoms with Gasteiger partial charge in [0.25, 0.3) is 5.88 Å². The summed E-state index contributed by atoms with van der Waals surface area (Å²) in [5.41, 5.74) is 9.09. The highest BCUT2D eigenvalue weighted by atomic mass is 32.2. The van der Waals surface area contributed by atoms with Crippen molar-refractivity contribution in [2.75, 3.05) is 36.4 Å². The van der Waals surface area contributed by atoms with Gasteiger partial charge < -0.3 is 20.1 Å². The number of ether oxygens (including phenoxy) is 2. The largest absolute Gasteiger partial charge is 0.497 e. The lowest BCUT2D eigenvalue weighted by Gasteiger charge is -2.34. The Hall–Kier alpha value is -2.96. The van der Waals surface area contributed by atoms with Crippen molar-refractivity contribution in [2.24, 2.45) is 17.8 Å². The Morgan fingerprint density at radius 3 is 2.74 bits per heavy atom. The number of hydrogen-bond acceptors (Lipinski definition) is 10. The van der Waals surface area contributed by atoms with Crippen LogP contribution in [-0.2, 0) is 20.0 Å². The zero-order chi connectivity index (χ0) is 26.2. The molecule has 4 unspecified atom stereocenters. The topological polar surface area (TPSA) is 144 Å². The van der Waals surface area contributed by atoms with Crippen molar-refractivity contribution in [3.05, 3.63) is 35.7 Å². The lowest BCUT2D eigenvalue weighted by molar-refractivity contribution is -0.118. The molecule has 11 nitrogen and oxygen atoms in total. The molecule has 1 amide bonds. The van der Waals surface area contributed by atoms with Crippen LogP contribution in [0.5, 0.6) is 11.6 Å². The summed E-state index contributed by atoms with van der Waals surface area (Å²) in [6.45, 7) is 0. The van der Waals surface area contributed by atoms with E-state index in [-0.39, 0.29) is 35.5 Å². The molecular weight excluding hydrogens is 508 g/mol. The van der Waals surface area contributed by atoms with E-state index in [1.807, 2.05) is 18.2 Å². The van der Waals surface area contributed by atoms with E-state index in [2.05, 4.69) is 31.5 Å². The summed E-state index contributed by atoms with van der Waals surface area (Å²) >= 11 is 0. The van der Waals surface area contributed by atoms with Crippen LogP contribution in [0.2, 0.25) is 0 Å². The predicted molar refractivity (Wildman–Crippen MR) is 140 cm³/mol. The van der Waals surface area contributed by atoms with Gasteiger partial charge in [0, 0.05) is 23.6 Å². The lowest BCUT2D eigenvalue weighted by Crippen LogP contribution is -2.39. The van der Waals surface area contributed by atoms with E-state index >= 15 is 0 Å². The van der Waals surface area contributed by atoms with Gasteiger partial charge in [-0.25, -0.2) is 23.8 Å². The van der Waals surface area contributed by atoms with Crippen LogP contribution in [0.4, 0.5) is 11.5 Å². The van der Waals surface area contributed by atoms with Crippen LogP contribution in [0.3, 0.4) is 0 Å². The summed E-state index contributed by atoms with van der Waals surface area (Å²) in [6.07, 6.45) is 5.55. The zero-order valence-electron chi connectivity index (χ0n) is 21.4. The van der Waals surface area contributed by atoms with Crippen molar-refractivity contribution in [1.29, 1.82) is 0 Å².